The zero-order valence-corrected chi connectivity index (χ0v) is 13.1. The topological polar surface area (TPSA) is 86.2 Å². The predicted molar refractivity (Wildman–Crippen MR) is 85.9 cm³/mol. The summed E-state index contributed by atoms with van der Waals surface area (Å²) in [6, 6.07) is 9.56. The number of halogens is 2. The number of nitrogen functional groups attached to an aromatic ring is 1. The molecule has 0 spiro atoms. The molecular weight excluding hydrogens is 331 g/mol. The summed E-state index contributed by atoms with van der Waals surface area (Å²) >= 11 is 12.1. The van der Waals surface area contributed by atoms with Crippen LogP contribution in [0, 0.1) is 0 Å². The molecule has 21 heavy (non-hydrogen) atoms. The summed E-state index contributed by atoms with van der Waals surface area (Å²) in [4.78, 5) is 11.4. The summed E-state index contributed by atoms with van der Waals surface area (Å²) in [5.74, 6) is -0.419. The van der Waals surface area contributed by atoms with Gasteiger partial charge in [-0.15, -0.1) is 0 Å². The lowest BCUT2D eigenvalue weighted by Gasteiger charge is -2.09. The third-order valence-electron chi connectivity index (χ3n) is 2.86. The molecule has 0 saturated carbocycles. The van der Waals surface area contributed by atoms with Crippen LogP contribution < -0.4 is 11.5 Å². The quantitative estimate of drug-likeness (QED) is 0.837. The van der Waals surface area contributed by atoms with E-state index in [1.54, 1.807) is 30.3 Å². The van der Waals surface area contributed by atoms with Gasteiger partial charge in [0.15, 0.2) is 0 Å². The number of primary amides is 1. The number of amides is 1. The van der Waals surface area contributed by atoms with Crippen LogP contribution in [0.5, 0.6) is 0 Å². The van der Waals surface area contributed by atoms with E-state index in [0.717, 1.165) is 0 Å². The molecule has 0 bridgehead atoms. The van der Waals surface area contributed by atoms with Crippen LogP contribution in [0.15, 0.2) is 41.3 Å². The highest BCUT2D eigenvalue weighted by molar-refractivity contribution is 7.84. The molecule has 0 heterocycles. The molecule has 4 nitrogen and oxygen atoms in total. The molecule has 0 fully saturated rings. The van der Waals surface area contributed by atoms with E-state index < -0.39 is 16.7 Å². The van der Waals surface area contributed by atoms with Crippen molar-refractivity contribution in [1.29, 1.82) is 0 Å². The lowest BCUT2D eigenvalue weighted by molar-refractivity contribution is 0.100. The van der Waals surface area contributed by atoms with Crippen molar-refractivity contribution in [1.82, 2.24) is 0 Å². The van der Waals surface area contributed by atoms with E-state index in [1.165, 1.54) is 6.07 Å². The largest absolute Gasteiger partial charge is 0.398 e. The van der Waals surface area contributed by atoms with E-state index in [4.69, 9.17) is 34.7 Å². The average Bonchev–Trinajstić information content (AvgIpc) is 2.40. The maximum atomic E-state index is 12.4. The number of carbonyl (C=O) groups excluding carboxylic acids is 1. The number of rotatable bonds is 4. The van der Waals surface area contributed by atoms with Gasteiger partial charge in [-0.25, -0.2) is 0 Å². The van der Waals surface area contributed by atoms with Gasteiger partial charge >= 0.3 is 0 Å². The van der Waals surface area contributed by atoms with Gasteiger partial charge in [-0.1, -0.05) is 35.3 Å². The van der Waals surface area contributed by atoms with Gasteiger partial charge in [0.25, 0.3) is 0 Å². The van der Waals surface area contributed by atoms with E-state index in [2.05, 4.69) is 0 Å². The van der Waals surface area contributed by atoms with Crippen LogP contribution in [0.1, 0.15) is 15.9 Å². The Bertz CT molecular complexity index is 715. The van der Waals surface area contributed by atoms with Gasteiger partial charge in [0, 0.05) is 11.3 Å². The SMILES string of the molecule is NC(=O)c1ccc(CS(=O)c2c(Cl)cccc2Cl)c(N)c1. The second kappa shape index (κ2) is 6.47. The van der Waals surface area contributed by atoms with Crippen molar-refractivity contribution in [3.05, 3.63) is 57.6 Å². The van der Waals surface area contributed by atoms with Gasteiger partial charge < -0.3 is 11.5 Å². The van der Waals surface area contributed by atoms with E-state index >= 15 is 0 Å². The zero-order valence-electron chi connectivity index (χ0n) is 10.8. The Kier molecular flexibility index (Phi) is 4.88. The minimum absolute atomic E-state index is 0.147. The van der Waals surface area contributed by atoms with Gasteiger partial charge in [0.05, 0.1) is 31.5 Å². The van der Waals surface area contributed by atoms with Crippen LogP contribution in [0.3, 0.4) is 0 Å². The molecule has 1 atom stereocenters. The lowest BCUT2D eigenvalue weighted by Crippen LogP contribution is -2.12. The summed E-state index contributed by atoms with van der Waals surface area (Å²) < 4.78 is 12.4. The first-order valence-electron chi connectivity index (χ1n) is 5.90. The summed E-state index contributed by atoms with van der Waals surface area (Å²) in [6.45, 7) is 0. The van der Waals surface area contributed by atoms with Crippen molar-refractivity contribution in [3.63, 3.8) is 0 Å². The van der Waals surface area contributed by atoms with Crippen LogP contribution >= 0.6 is 23.2 Å². The molecule has 0 radical (unpaired) electrons. The van der Waals surface area contributed by atoms with Gasteiger partial charge in [-0.3, -0.25) is 9.00 Å². The first kappa shape index (κ1) is 15.8. The Labute approximate surface area is 134 Å². The fraction of sp³-hybridized carbons (Fsp3) is 0.0714. The molecule has 0 aromatic heterocycles. The molecule has 1 unspecified atom stereocenters. The minimum Gasteiger partial charge on any atom is -0.398 e. The smallest absolute Gasteiger partial charge is 0.248 e. The van der Waals surface area contributed by atoms with Crippen LogP contribution in [0.25, 0.3) is 0 Å². The first-order valence-corrected chi connectivity index (χ1v) is 7.98. The van der Waals surface area contributed by atoms with Crippen LogP contribution in [-0.4, -0.2) is 10.1 Å². The number of nitrogens with two attached hydrogens (primary N) is 2. The molecule has 4 N–H and O–H groups in total. The Morgan fingerprint density at radius 3 is 2.29 bits per heavy atom. The van der Waals surface area contributed by atoms with Crippen molar-refractivity contribution < 1.29 is 9.00 Å². The zero-order chi connectivity index (χ0) is 15.6. The molecule has 0 aliphatic carbocycles. The third kappa shape index (κ3) is 3.56. The second-order valence-electron chi connectivity index (χ2n) is 4.32. The maximum absolute atomic E-state index is 12.4. The lowest BCUT2D eigenvalue weighted by atomic mass is 10.1. The van der Waals surface area contributed by atoms with Crippen molar-refractivity contribution >= 4 is 45.6 Å². The normalized spacial score (nSPS) is 12.1. The highest BCUT2D eigenvalue weighted by Crippen LogP contribution is 2.30. The van der Waals surface area contributed by atoms with Crippen molar-refractivity contribution in [2.75, 3.05) is 5.73 Å². The number of carbonyl (C=O) groups is 1. The second-order valence-corrected chi connectivity index (χ2v) is 6.52. The van der Waals surface area contributed by atoms with E-state index in [-0.39, 0.29) is 5.75 Å². The first-order chi connectivity index (χ1) is 9.90. The summed E-state index contributed by atoms with van der Waals surface area (Å²) in [5, 5.41) is 0.682. The van der Waals surface area contributed by atoms with Crippen LogP contribution in [0.4, 0.5) is 5.69 Å². The fourth-order valence-corrected chi connectivity index (χ4v) is 3.97. The molecule has 0 aliphatic heterocycles. The monoisotopic (exact) mass is 342 g/mol. The third-order valence-corrected chi connectivity index (χ3v) is 5.19. The molecule has 2 rings (SSSR count). The molecule has 2 aromatic carbocycles. The van der Waals surface area contributed by atoms with E-state index in [9.17, 15) is 9.00 Å². The fourth-order valence-electron chi connectivity index (χ4n) is 1.79. The molecule has 0 saturated heterocycles. The standard InChI is InChI=1S/C14H12Cl2N2O2S/c15-10-2-1-3-11(16)13(10)21(20)7-9-5-4-8(14(18)19)6-12(9)17/h1-6H,7,17H2,(H2,18,19). The number of anilines is 1. The van der Waals surface area contributed by atoms with Gasteiger partial charge in [0.1, 0.15) is 0 Å². The predicted octanol–water partition coefficient (Wildman–Crippen LogP) is 2.98. The Morgan fingerprint density at radius 1 is 1.14 bits per heavy atom. The Balaban J connectivity index is 2.30. The summed E-state index contributed by atoms with van der Waals surface area (Å²) in [6.07, 6.45) is 0. The van der Waals surface area contributed by atoms with Gasteiger partial charge in [0.2, 0.25) is 5.91 Å². The molecular formula is C14H12Cl2N2O2S. The van der Waals surface area contributed by atoms with Crippen molar-refractivity contribution in [2.24, 2.45) is 5.73 Å². The van der Waals surface area contributed by atoms with Gasteiger partial charge in [-0.2, -0.15) is 0 Å². The Hall–Kier alpha value is -1.56. The highest BCUT2D eigenvalue weighted by Gasteiger charge is 2.15. The van der Waals surface area contributed by atoms with E-state index in [0.29, 0.717) is 31.8 Å². The number of hydrogen-bond acceptors (Lipinski definition) is 3. The molecule has 2 aromatic rings. The summed E-state index contributed by atoms with van der Waals surface area (Å²) in [7, 11) is -1.45. The van der Waals surface area contributed by atoms with Crippen molar-refractivity contribution in [2.45, 2.75) is 10.6 Å². The Morgan fingerprint density at radius 2 is 1.76 bits per heavy atom. The van der Waals surface area contributed by atoms with Gasteiger partial charge in [-0.05, 0) is 29.8 Å². The number of benzene rings is 2. The highest BCUT2D eigenvalue weighted by atomic mass is 35.5. The van der Waals surface area contributed by atoms with Crippen LogP contribution in [-0.2, 0) is 16.6 Å². The number of hydrogen-bond donors (Lipinski definition) is 2. The molecule has 110 valence electrons. The molecule has 7 heteroatoms. The summed E-state index contributed by atoms with van der Waals surface area (Å²) in [5.41, 5.74) is 12.3. The van der Waals surface area contributed by atoms with Crippen molar-refractivity contribution in [3.8, 4) is 0 Å². The van der Waals surface area contributed by atoms with E-state index in [1.807, 2.05) is 0 Å². The maximum Gasteiger partial charge on any atom is 0.248 e. The minimum atomic E-state index is -1.45. The molecule has 1 amide bonds. The average molecular weight is 343 g/mol. The molecule has 0 aliphatic rings. The van der Waals surface area contributed by atoms with Crippen LogP contribution in [0.2, 0.25) is 10.0 Å².